The summed E-state index contributed by atoms with van der Waals surface area (Å²) in [6.45, 7) is 4.08. The third-order valence-electron chi connectivity index (χ3n) is 3.94. The SMILES string of the molecule is CCC(C)NC(=O)c1ccc(COC(=O)c2ccc(N=C(N)N)cc2)cc1. The Kier molecular flexibility index (Phi) is 6.93. The highest BCUT2D eigenvalue weighted by molar-refractivity contribution is 5.94. The second-order valence-electron chi connectivity index (χ2n) is 6.14. The summed E-state index contributed by atoms with van der Waals surface area (Å²) in [4.78, 5) is 28.0. The van der Waals surface area contributed by atoms with Crippen LogP contribution in [0.5, 0.6) is 0 Å². The van der Waals surface area contributed by atoms with Gasteiger partial charge in [-0.2, -0.15) is 0 Å². The van der Waals surface area contributed by atoms with Gasteiger partial charge >= 0.3 is 5.97 Å². The number of amides is 1. The molecule has 0 aliphatic heterocycles. The van der Waals surface area contributed by atoms with Gasteiger partial charge in [-0.3, -0.25) is 4.79 Å². The van der Waals surface area contributed by atoms with Crippen molar-refractivity contribution in [3.63, 3.8) is 0 Å². The Balaban J connectivity index is 1.91. The van der Waals surface area contributed by atoms with Crippen LogP contribution in [0.4, 0.5) is 5.69 Å². The first kappa shape index (κ1) is 20.0. The topological polar surface area (TPSA) is 120 Å². The van der Waals surface area contributed by atoms with E-state index in [9.17, 15) is 9.59 Å². The number of guanidine groups is 1. The molecule has 0 aliphatic carbocycles. The van der Waals surface area contributed by atoms with Crippen molar-refractivity contribution in [1.82, 2.24) is 5.32 Å². The molecule has 0 heterocycles. The summed E-state index contributed by atoms with van der Waals surface area (Å²) in [6, 6.07) is 13.5. The molecule has 0 aromatic heterocycles. The van der Waals surface area contributed by atoms with Crippen molar-refractivity contribution in [2.45, 2.75) is 32.9 Å². The van der Waals surface area contributed by atoms with Crippen molar-refractivity contribution in [2.75, 3.05) is 0 Å². The normalized spacial score (nSPS) is 11.3. The van der Waals surface area contributed by atoms with Crippen molar-refractivity contribution in [3.05, 3.63) is 65.2 Å². The van der Waals surface area contributed by atoms with Crippen molar-refractivity contribution in [1.29, 1.82) is 0 Å². The van der Waals surface area contributed by atoms with Gasteiger partial charge in [0.05, 0.1) is 11.3 Å². The molecular formula is C20H24N4O3. The number of hydrogen-bond donors (Lipinski definition) is 3. The van der Waals surface area contributed by atoms with Crippen LogP contribution in [0, 0.1) is 0 Å². The Morgan fingerprint density at radius 3 is 2.19 bits per heavy atom. The van der Waals surface area contributed by atoms with Crippen molar-refractivity contribution in [2.24, 2.45) is 16.5 Å². The molecule has 5 N–H and O–H groups in total. The number of carbonyl (C=O) groups is 2. The second-order valence-corrected chi connectivity index (χ2v) is 6.14. The lowest BCUT2D eigenvalue weighted by Gasteiger charge is -2.11. The molecule has 0 aliphatic rings. The van der Waals surface area contributed by atoms with Crippen LogP contribution in [0.3, 0.4) is 0 Å². The number of nitrogens with one attached hydrogen (secondary N) is 1. The molecule has 1 amide bonds. The van der Waals surface area contributed by atoms with E-state index in [1.165, 1.54) is 0 Å². The molecule has 0 fully saturated rings. The minimum Gasteiger partial charge on any atom is -0.457 e. The zero-order valence-corrected chi connectivity index (χ0v) is 15.4. The number of nitrogens with zero attached hydrogens (tertiary/aromatic N) is 1. The van der Waals surface area contributed by atoms with Gasteiger partial charge in [0.15, 0.2) is 5.96 Å². The molecule has 0 bridgehead atoms. The molecular weight excluding hydrogens is 344 g/mol. The number of rotatable bonds is 7. The minimum atomic E-state index is -0.454. The lowest BCUT2D eigenvalue weighted by molar-refractivity contribution is 0.0472. The predicted octanol–water partition coefficient (Wildman–Crippen LogP) is 2.48. The fourth-order valence-corrected chi connectivity index (χ4v) is 2.21. The molecule has 1 unspecified atom stereocenters. The molecule has 7 nitrogen and oxygen atoms in total. The van der Waals surface area contributed by atoms with Gasteiger partial charge < -0.3 is 21.5 Å². The number of ether oxygens (including phenoxy) is 1. The Morgan fingerprint density at radius 2 is 1.63 bits per heavy atom. The summed E-state index contributed by atoms with van der Waals surface area (Å²) >= 11 is 0. The molecule has 0 saturated carbocycles. The zero-order chi connectivity index (χ0) is 19.8. The average Bonchev–Trinajstić information content (AvgIpc) is 2.66. The van der Waals surface area contributed by atoms with Gasteiger partial charge in [-0.1, -0.05) is 19.1 Å². The molecule has 7 heteroatoms. The average molecular weight is 368 g/mol. The standard InChI is InChI=1S/C20H24N4O3/c1-3-13(2)23-18(25)15-6-4-14(5-7-15)12-27-19(26)16-8-10-17(11-9-16)24-20(21)22/h4-11,13H,3,12H2,1-2H3,(H,23,25)(H4,21,22,24). The van der Waals surface area contributed by atoms with Crippen LogP contribution in [0.25, 0.3) is 0 Å². The number of esters is 1. The lowest BCUT2D eigenvalue weighted by atomic mass is 10.1. The second kappa shape index (κ2) is 9.38. The smallest absolute Gasteiger partial charge is 0.338 e. The summed E-state index contributed by atoms with van der Waals surface area (Å²) in [7, 11) is 0. The fraction of sp³-hybridized carbons (Fsp3) is 0.250. The van der Waals surface area contributed by atoms with Crippen LogP contribution < -0.4 is 16.8 Å². The molecule has 142 valence electrons. The van der Waals surface area contributed by atoms with Crippen molar-refractivity contribution in [3.8, 4) is 0 Å². The summed E-state index contributed by atoms with van der Waals surface area (Å²) in [5.41, 5.74) is 12.9. The molecule has 0 spiro atoms. The van der Waals surface area contributed by atoms with E-state index in [1.807, 2.05) is 13.8 Å². The minimum absolute atomic E-state index is 0.0494. The lowest BCUT2D eigenvalue weighted by Crippen LogP contribution is -2.31. The largest absolute Gasteiger partial charge is 0.457 e. The first-order valence-electron chi connectivity index (χ1n) is 8.65. The van der Waals surface area contributed by atoms with Gasteiger partial charge in [-0.25, -0.2) is 9.79 Å². The first-order chi connectivity index (χ1) is 12.9. The summed E-state index contributed by atoms with van der Waals surface area (Å²) in [6.07, 6.45) is 0.868. The van der Waals surface area contributed by atoms with Crippen LogP contribution in [0.1, 0.15) is 46.5 Å². The Hall–Kier alpha value is -3.35. The molecule has 0 radical (unpaired) electrons. The maximum absolute atomic E-state index is 12.1. The number of benzene rings is 2. The fourth-order valence-electron chi connectivity index (χ4n) is 2.21. The monoisotopic (exact) mass is 368 g/mol. The molecule has 27 heavy (non-hydrogen) atoms. The van der Waals surface area contributed by atoms with E-state index in [0.29, 0.717) is 16.8 Å². The summed E-state index contributed by atoms with van der Waals surface area (Å²) in [5, 5.41) is 2.90. The number of carbonyl (C=O) groups excluding carboxylic acids is 2. The van der Waals surface area contributed by atoms with Gasteiger partial charge in [0.2, 0.25) is 0 Å². The van der Waals surface area contributed by atoms with E-state index in [0.717, 1.165) is 12.0 Å². The van der Waals surface area contributed by atoms with Crippen LogP contribution >= 0.6 is 0 Å². The van der Waals surface area contributed by atoms with Crippen molar-refractivity contribution < 1.29 is 14.3 Å². The number of nitrogens with two attached hydrogens (primary N) is 2. The van der Waals surface area contributed by atoms with Gasteiger partial charge in [0.1, 0.15) is 6.61 Å². The summed E-state index contributed by atoms with van der Waals surface area (Å²) in [5.74, 6) is -0.620. The molecule has 2 aromatic carbocycles. The van der Waals surface area contributed by atoms with Gasteiger partial charge in [-0.05, 0) is 55.3 Å². The highest BCUT2D eigenvalue weighted by Gasteiger charge is 2.10. The zero-order valence-electron chi connectivity index (χ0n) is 15.4. The van der Waals surface area contributed by atoms with Crippen LogP contribution in [0.2, 0.25) is 0 Å². The quantitative estimate of drug-likeness (QED) is 0.394. The Morgan fingerprint density at radius 1 is 1.04 bits per heavy atom. The van der Waals surface area contributed by atoms with E-state index in [1.54, 1.807) is 48.5 Å². The maximum atomic E-state index is 12.1. The maximum Gasteiger partial charge on any atom is 0.338 e. The van der Waals surface area contributed by atoms with Gasteiger partial charge in [-0.15, -0.1) is 0 Å². The van der Waals surface area contributed by atoms with E-state index in [2.05, 4.69) is 10.3 Å². The van der Waals surface area contributed by atoms with Crippen LogP contribution in [-0.4, -0.2) is 23.9 Å². The third kappa shape index (κ3) is 6.14. The number of aliphatic imine (C=N–C) groups is 1. The van der Waals surface area contributed by atoms with Gasteiger partial charge in [0.25, 0.3) is 5.91 Å². The predicted molar refractivity (Wildman–Crippen MR) is 105 cm³/mol. The third-order valence-corrected chi connectivity index (χ3v) is 3.94. The number of hydrogen-bond acceptors (Lipinski definition) is 4. The van der Waals surface area contributed by atoms with E-state index in [-0.39, 0.29) is 24.5 Å². The molecule has 0 saturated heterocycles. The molecule has 2 aromatic rings. The van der Waals surface area contributed by atoms with Crippen molar-refractivity contribution >= 4 is 23.5 Å². The highest BCUT2D eigenvalue weighted by Crippen LogP contribution is 2.14. The van der Waals surface area contributed by atoms with Gasteiger partial charge in [0, 0.05) is 11.6 Å². The Labute approximate surface area is 158 Å². The summed E-state index contributed by atoms with van der Waals surface area (Å²) < 4.78 is 5.29. The molecule has 2 rings (SSSR count). The van der Waals surface area contributed by atoms with E-state index >= 15 is 0 Å². The van der Waals surface area contributed by atoms with E-state index < -0.39 is 5.97 Å². The highest BCUT2D eigenvalue weighted by atomic mass is 16.5. The van der Waals surface area contributed by atoms with Crippen LogP contribution in [0.15, 0.2) is 53.5 Å². The first-order valence-corrected chi connectivity index (χ1v) is 8.65. The van der Waals surface area contributed by atoms with Crippen LogP contribution in [-0.2, 0) is 11.3 Å². The Bertz CT molecular complexity index is 810. The van der Waals surface area contributed by atoms with E-state index in [4.69, 9.17) is 16.2 Å². The molecule has 1 atom stereocenters.